The summed E-state index contributed by atoms with van der Waals surface area (Å²) < 4.78 is 24.2. The quantitative estimate of drug-likeness (QED) is 0.883. The Labute approximate surface area is 114 Å². The first-order valence-electron chi connectivity index (χ1n) is 6.11. The van der Waals surface area contributed by atoms with Crippen LogP contribution in [0.1, 0.15) is 11.1 Å². The zero-order chi connectivity index (χ0) is 14.7. The Kier molecular flexibility index (Phi) is 4.16. The maximum absolute atomic E-state index is 12.1. The summed E-state index contributed by atoms with van der Waals surface area (Å²) in [5, 5.41) is 11.2. The zero-order valence-electron chi connectivity index (χ0n) is 10.6. The number of carboxylic acids is 1. The van der Waals surface area contributed by atoms with E-state index in [1.807, 2.05) is 5.32 Å². The number of hydrogen-bond donors (Lipinski definition) is 2. The van der Waals surface area contributed by atoms with Gasteiger partial charge >= 0.3 is 12.0 Å². The van der Waals surface area contributed by atoms with E-state index in [4.69, 9.17) is 0 Å². The minimum atomic E-state index is -2.67. The first kappa shape index (κ1) is 14.2. The fraction of sp³-hybridized carbons (Fsp3) is 0.385. The van der Waals surface area contributed by atoms with Crippen molar-refractivity contribution in [2.75, 3.05) is 6.54 Å². The van der Waals surface area contributed by atoms with Crippen molar-refractivity contribution in [3.8, 4) is 0 Å². The molecule has 1 aromatic carbocycles. The van der Waals surface area contributed by atoms with Crippen LogP contribution >= 0.6 is 0 Å². The maximum atomic E-state index is 12.1. The summed E-state index contributed by atoms with van der Waals surface area (Å²) in [5.74, 6) is -1.15. The number of carbonyl (C=O) groups is 2. The van der Waals surface area contributed by atoms with Crippen LogP contribution in [0, 0.1) is 0 Å². The lowest BCUT2D eigenvalue weighted by atomic mass is 9.94. The number of nitrogens with one attached hydrogen (secondary N) is 1. The SMILES string of the molecule is O=C(O)C1Cc2ccccc2CN1C(=O)NCC(F)F. The summed E-state index contributed by atoms with van der Waals surface area (Å²) in [7, 11) is 0. The van der Waals surface area contributed by atoms with E-state index in [0.29, 0.717) is 0 Å². The Hall–Kier alpha value is -2.18. The van der Waals surface area contributed by atoms with E-state index < -0.39 is 31.0 Å². The van der Waals surface area contributed by atoms with Gasteiger partial charge in [0.1, 0.15) is 6.04 Å². The molecule has 1 atom stereocenters. The standard InChI is InChI=1S/C13H14F2N2O3/c14-11(15)6-16-13(20)17-7-9-4-2-1-3-8(9)5-10(17)12(18)19/h1-4,10-11H,5-7H2,(H,16,20)(H,18,19). The average Bonchev–Trinajstić information content (AvgIpc) is 2.43. The Morgan fingerprint density at radius 1 is 1.35 bits per heavy atom. The predicted molar refractivity (Wildman–Crippen MR) is 66.5 cm³/mol. The first-order valence-corrected chi connectivity index (χ1v) is 6.11. The van der Waals surface area contributed by atoms with Crippen molar-refractivity contribution in [3.05, 3.63) is 35.4 Å². The zero-order valence-corrected chi connectivity index (χ0v) is 10.6. The van der Waals surface area contributed by atoms with Gasteiger partial charge < -0.3 is 15.3 Å². The molecule has 0 fully saturated rings. The highest BCUT2D eigenvalue weighted by Gasteiger charge is 2.34. The van der Waals surface area contributed by atoms with Crippen molar-refractivity contribution in [1.29, 1.82) is 0 Å². The summed E-state index contributed by atoms with van der Waals surface area (Å²) in [6, 6.07) is 5.36. The van der Waals surface area contributed by atoms with Gasteiger partial charge in [-0.3, -0.25) is 0 Å². The van der Waals surface area contributed by atoms with Gasteiger partial charge in [0, 0.05) is 13.0 Å². The third kappa shape index (κ3) is 3.04. The lowest BCUT2D eigenvalue weighted by Gasteiger charge is -2.34. The van der Waals surface area contributed by atoms with Crippen LogP contribution in [0.2, 0.25) is 0 Å². The van der Waals surface area contributed by atoms with E-state index in [1.54, 1.807) is 24.3 Å². The maximum Gasteiger partial charge on any atom is 0.326 e. The summed E-state index contributed by atoms with van der Waals surface area (Å²) in [6.07, 6.45) is -2.49. The number of urea groups is 1. The largest absolute Gasteiger partial charge is 0.480 e. The van der Waals surface area contributed by atoms with Gasteiger partial charge in [0.15, 0.2) is 0 Å². The molecule has 1 unspecified atom stereocenters. The van der Waals surface area contributed by atoms with Gasteiger partial charge in [0.05, 0.1) is 6.54 Å². The van der Waals surface area contributed by atoms with Crippen LogP contribution in [-0.4, -0.2) is 41.0 Å². The van der Waals surface area contributed by atoms with E-state index >= 15 is 0 Å². The molecule has 2 amide bonds. The highest BCUT2D eigenvalue weighted by molar-refractivity contribution is 5.83. The van der Waals surface area contributed by atoms with E-state index in [-0.39, 0.29) is 13.0 Å². The van der Waals surface area contributed by atoms with Crippen molar-refractivity contribution in [3.63, 3.8) is 0 Å². The number of halogens is 2. The lowest BCUT2D eigenvalue weighted by Crippen LogP contribution is -2.52. The number of rotatable bonds is 3. The fourth-order valence-corrected chi connectivity index (χ4v) is 2.22. The number of carboxylic acid groups (broad SMARTS) is 1. The van der Waals surface area contributed by atoms with Gasteiger partial charge in [-0.2, -0.15) is 0 Å². The van der Waals surface area contributed by atoms with Crippen LogP contribution in [0.5, 0.6) is 0 Å². The summed E-state index contributed by atoms with van der Waals surface area (Å²) in [4.78, 5) is 24.2. The molecule has 0 radical (unpaired) electrons. The molecular formula is C13H14F2N2O3. The van der Waals surface area contributed by atoms with Gasteiger partial charge in [-0.05, 0) is 11.1 Å². The second-order valence-electron chi connectivity index (χ2n) is 4.53. The minimum absolute atomic E-state index is 0.0994. The number of fused-ring (bicyclic) bond motifs is 1. The summed E-state index contributed by atoms with van der Waals surface area (Å²) >= 11 is 0. The Morgan fingerprint density at radius 3 is 2.60 bits per heavy atom. The second-order valence-corrected chi connectivity index (χ2v) is 4.53. The van der Waals surface area contributed by atoms with Crippen LogP contribution in [0.15, 0.2) is 24.3 Å². The third-order valence-corrected chi connectivity index (χ3v) is 3.20. The molecule has 2 N–H and O–H groups in total. The number of alkyl halides is 2. The summed E-state index contributed by atoms with van der Waals surface area (Å²) in [5.41, 5.74) is 1.69. The number of benzene rings is 1. The van der Waals surface area contributed by atoms with Gasteiger partial charge in [-0.1, -0.05) is 24.3 Å². The minimum Gasteiger partial charge on any atom is -0.480 e. The molecular weight excluding hydrogens is 270 g/mol. The van der Waals surface area contributed by atoms with Crippen LogP contribution < -0.4 is 5.32 Å². The molecule has 1 aromatic rings. The molecule has 1 aliphatic heterocycles. The topological polar surface area (TPSA) is 69.6 Å². The van der Waals surface area contributed by atoms with Gasteiger partial charge in [0.2, 0.25) is 0 Å². The Balaban J connectivity index is 2.18. The van der Waals surface area contributed by atoms with Gasteiger partial charge in [-0.25, -0.2) is 18.4 Å². The number of amides is 2. The second kappa shape index (κ2) is 5.85. The van der Waals surface area contributed by atoms with E-state index in [2.05, 4.69) is 0 Å². The van der Waals surface area contributed by atoms with E-state index in [1.165, 1.54) is 0 Å². The van der Waals surface area contributed by atoms with Crippen molar-refractivity contribution in [2.24, 2.45) is 0 Å². The van der Waals surface area contributed by atoms with Crippen molar-refractivity contribution in [1.82, 2.24) is 10.2 Å². The molecule has 0 aliphatic carbocycles. The molecule has 20 heavy (non-hydrogen) atoms. The predicted octanol–water partition coefficient (Wildman–Crippen LogP) is 1.47. The molecule has 1 aliphatic rings. The summed E-state index contributed by atoms with van der Waals surface area (Å²) in [6.45, 7) is -0.689. The van der Waals surface area contributed by atoms with E-state index in [0.717, 1.165) is 16.0 Å². The number of carbonyl (C=O) groups excluding carboxylic acids is 1. The monoisotopic (exact) mass is 284 g/mol. The van der Waals surface area contributed by atoms with Crippen molar-refractivity contribution >= 4 is 12.0 Å². The third-order valence-electron chi connectivity index (χ3n) is 3.20. The van der Waals surface area contributed by atoms with Crippen LogP contribution in [0.25, 0.3) is 0 Å². The molecule has 108 valence electrons. The number of hydrogen-bond acceptors (Lipinski definition) is 2. The van der Waals surface area contributed by atoms with Crippen LogP contribution in [0.3, 0.4) is 0 Å². The molecule has 0 bridgehead atoms. The van der Waals surface area contributed by atoms with Crippen LogP contribution in [0.4, 0.5) is 13.6 Å². The molecule has 0 spiro atoms. The molecule has 2 rings (SSSR count). The normalized spacial score (nSPS) is 17.8. The highest BCUT2D eigenvalue weighted by atomic mass is 19.3. The van der Waals surface area contributed by atoms with E-state index in [9.17, 15) is 23.5 Å². The van der Waals surface area contributed by atoms with Crippen molar-refractivity contribution < 1.29 is 23.5 Å². The molecule has 0 aromatic heterocycles. The number of aliphatic carboxylic acids is 1. The van der Waals surface area contributed by atoms with Gasteiger partial charge in [0.25, 0.3) is 6.43 Å². The number of nitrogens with zero attached hydrogens (tertiary/aromatic N) is 1. The first-order chi connectivity index (χ1) is 9.49. The molecule has 7 heteroatoms. The molecule has 1 heterocycles. The smallest absolute Gasteiger partial charge is 0.326 e. The fourth-order valence-electron chi connectivity index (χ4n) is 2.22. The lowest BCUT2D eigenvalue weighted by molar-refractivity contribution is -0.142. The average molecular weight is 284 g/mol. The van der Waals surface area contributed by atoms with Gasteiger partial charge in [-0.15, -0.1) is 0 Å². The molecule has 0 saturated heterocycles. The van der Waals surface area contributed by atoms with Crippen LogP contribution in [-0.2, 0) is 17.8 Å². The highest BCUT2D eigenvalue weighted by Crippen LogP contribution is 2.23. The Morgan fingerprint density at radius 2 is 2.00 bits per heavy atom. The van der Waals surface area contributed by atoms with Crippen molar-refractivity contribution in [2.45, 2.75) is 25.4 Å². The molecule has 5 nitrogen and oxygen atoms in total. The Bertz CT molecular complexity index is 522. The molecule has 0 saturated carbocycles.